The molecule has 0 aromatic rings. The minimum Gasteiger partial charge on any atom is -0.463 e. The molecule has 0 N–H and O–H groups in total. The summed E-state index contributed by atoms with van der Waals surface area (Å²) in [7, 11) is 1.13. The fourth-order valence-corrected chi connectivity index (χ4v) is 0.376. The third-order valence-electron chi connectivity index (χ3n) is 0.909. The van der Waals surface area contributed by atoms with Crippen LogP contribution in [0.2, 0.25) is 0 Å². The Kier molecular flexibility index (Phi) is 14.7. The Labute approximate surface area is 77.7 Å². The van der Waals surface area contributed by atoms with Crippen LogP contribution in [-0.2, 0) is 9.53 Å². The first-order valence-corrected chi connectivity index (χ1v) is 5.24. The molecular formula is C9H18O2Si. The molecule has 0 atom stereocenters. The Bertz CT molecular complexity index is 132. The van der Waals surface area contributed by atoms with Gasteiger partial charge in [-0.15, -0.1) is 12.3 Å². The summed E-state index contributed by atoms with van der Waals surface area (Å²) in [5, 5.41) is 0. The van der Waals surface area contributed by atoms with Crippen LogP contribution in [0.4, 0.5) is 0 Å². The van der Waals surface area contributed by atoms with Gasteiger partial charge in [0.1, 0.15) is 0 Å². The number of carbonyl (C=O) groups is 1. The highest BCUT2D eigenvalue weighted by molar-refractivity contribution is 6.16. The van der Waals surface area contributed by atoms with Crippen LogP contribution < -0.4 is 0 Å². The lowest BCUT2D eigenvalue weighted by Gasteiger charge is -1.97. The van der Waals surface area contributed by atoms with E-state index in [1.165, 1.54) is 6.08 Å². The van der Waals surface area contributed by atoms with Crippen molar-refractivity contribution in [1.29, 1.82) is 0 Å². The summed E-state index contributed by atoms with van der Waals surface area (Å²) in [6.45, 7) is 9.25. The molecule has 0 saturated carbocycles. The molecule has 0 bridgehead atoms. The van der Waals surface area contributed by atoms with E-state index < -0.39 is 0 Å². The zero-order valence-electron chi connectivity index (χ0n) is 8.01. The quantitative estimate of drug-likeness (QED) is 0.283. The van der Waals surface area contributed by atoms with Crippen LogP contribution in [0, 0.1) is 0 Å². The number of unbranched alkanes of at least 4 members (excludes halogenated alkanes) is 1. The monoisotopic (exact) mass is 186 g/mol. The third kappa shape index (κ3) is 16.1. The molecule has 0 radical (unpaired) electrons. The molecule has 3 heteroatoms. The van der Waals surface area contributed by atoms with Gasteiger partial charge in [-0.3, -0.25) is 0 Å². The van der Waals surface area contributed by atoms with Gasteiger partial charge < -0.3 is 4.74 Å². The van der Waals surface area contributed by atoms with Gasteiger partial charge >= 0.3 is 5.97 Å². The van der Waals surface area contributed by atoms with Crippen molar-refractivity contribution in [1.82, 2.24) is 0 Å². The van der Waals surface area contributed by atoms with E-state index in [4.69, 9.17) is 0 Å². The van der Waals surface area contributed by atoms with Crippen LogP contribution in [0.1, 0.15) is 19.8 Å². The van der Waals surface area contributed by atoms with E-state index in [9.17, 15) is 4.79 Å². The number of rotatable bonds is 4. The number of esters is 1. The predicted molar refractivity (Wildman–Crippen MR) is 56.2 cm³/mol. The Hall–Kier alpha value is -0.833. The van der Waals surface area contributed by atoms with Gasteiger partial charge in [-0.1, -0.05) is 19.9 Å². The molecule has 0 heterocycles. The molecule has 0 rings (SSSR count). The van der Waals surface area contributed by atoms with Gasteiger partial charge in [0.05, 0.1) is 6.61 Å². The van der Waals surface area contributed by atoms with Crippen LogP contribution in [0.25, 0.3) is 0 Å². The molecule has 0 aliphatic rings. The van der Waals surface area contributed by atoms with Gasteiger partial charge in [0.2, 0.25) is 0 Å². The molecule has 0 amide bonds. The molecule has 0 unspecified atom stereocenters. The fourth-order valence-electron chi connectivity index (χ4n) is 0.376. The van der Waals surface area contributed by atoms with E-state index in [0.29, 0.717) is 6.61 Å². The standard InChI is InChI=1S/C7H12O2.C2H6Si/c1-3-5-6-9-7(8)4-2;1-2-3/h4H,2-3,5-6H2,1H3;2H,1H2,3H3. The summed E-state index contributed by atoms with van der Waals surface area (Å²) >= 11 is 0. The minimum absolute atomic E-state index is 0.330. The smallest absolute Gasteiger partial charge is 0.330 e. The summed E-state index contributed by atoms with van der Waals surface area (Å²) in [6.07, 6.45) is 3.15. The highest BCUT2D eigenvalue weighted by atomic mass is 28.1. The minimum atomic E-state index is -0.330. The lowest BCUT2D eigenvalue weighted by Crippen LogP contribution is -2.00. The first kappa shape index (κ1) is 13.7. The second kappa shape index (κ2) is 12.8. The lowest BCUT2D eigenvalue weighted by atomic mass is 10.4. The van der Waals surface area contributed by atoms with E-state index in [-0.39, 0.29) is 5.97 Å². The Morgan fingerprint density at radius 3 is 2.42 bits per heavy atom. The molecule has 0 aliphatic heterocycles. The normalized spacial score (nSPS) is 7.75. The topological polar surface area (TPSA) is 26.3 Å². The highest BCUT2D eigenvalue weighted by Gasteiger charge is 1.91. The molecule has 0 aromatic heterocycles. The zero-order valence-corrected chi connectivity index (χ0v) is 10.0. The maximum absolute atomic E-state index is 10.3. The van der Waals surface area contributed by atoms with Gasteiger partial charge in [-0.05, 0) is 6.42 Å². The zero-order chi connectivity index (χ0) is 9.82. The molecule has 2 nitrogen and oxygen atoms in total. The SMILES string of the molecule is C=CC(=O)OCCCC.C=C[SiH3]. The average Bonchev–Trinajstić information content (AvgIpc) is 2.06. The molecule has 0 saturated heterocycles. The van der Waals surface area contributed by atoms with Crippen LogP contribution in [0.3, 0.4) is 0 Å². The second-order valence-electron chi connectivity index (χ2n) is 2.13. The van der Waals surface area contributed by atoms with E-state index in [1.54, 1.807) is 0 Å². The van der Waals surface area contributed by atoms with Gasteiger partial charge in [0, 0.05) is 16.3 Å². The first-order valence-electron chi connectivity index (χ1n) is 4.09. The van der Waals surface area contributed by atoms with Crippen molar-refractivity contribution in [3.8, 4) is 0 Å². The van der Waals surface area contributed by atoms with E-state index in [1.807, 2.05) is 12.6 Å². The largest absolute Gasteiger partial charge is 0.463 e. The molecule has 70 valence electrons. The van der Waals surface area contributed by atoms with E-state index in [2.05, 4.69) is 17.9 Å². The average molecular weight is 186 g/mol. The van der Waals surface area contributed by atoms with Crippen molar-refractivity contribution in [2.24, 2.45) is 0 Å². The molecule has 0 aliphatic carbocycles. The van der Waals surface area contributed by atoms with Crippen molar-refractivity contribution in [2.45, 2.75) is 19.8 Å². The van der Waals surface area contributed by atoms with Gasteiger partial charge in [-0.25, -0.2) is 4.79 Å². The number of carbonyl (C=O) groups excluding carboxylic acids is 1. The Morgan fingerprint density at radius 2 is 2.08 bits per heavy atom. The lowest BCUT2D eigenvalue weighted by molar-refractivity contribution is -0.137. The van der Waals surface area contributed by atoms with Crippen LogP contribution in [0.15, 0.2) is 24.9 Å². The summed E-state index contributed by atoms with van der Waals surface area (Å²) < 4.78 is 4.67. The molecule has 12 heavy (non-hydrogen) atoms. The van der Waals surface area contributed by atoms with Crippen molar-refractivity contribution >= 4 is 16.2 Å². The van der Waals surface area contributed by atoms with Crippen molar-refractivity contribution in [3.05, 3.63) is 24.9 Å². The number of hydrogen-bond acceptors (Lipinski definition) is 2. The summed E-state index contributed by atoms with van der Waals surface area (Å²) in [6, 6.07) is 0. The third-order valence-corrected chi connectivity index (χ3v) is 0.909. The van der Waals surface area contributed by atoms with Gasteiger partial charge in [-0.2, -0.15) is 0 Å². The molecular weight excluding hydrogens is 168 g/mol. The Morgan fingerprint density at radius 1 is 1.58 bits per heavy atom. The van der Waals surface area contributed by atoms with Crippen LogP contribution in [-0.4, -0.2) is 22.8 Å². The summed E-state index contributed by atoms with van der Waals surface area (Å²) in [5.41, 5.74) is 1.89. The van der Waals surface area contributed by atoms with E-state index in [0.717, 1.165) is 23.1 Å². The van der Waals surface area contributed by atoms with Crippen LogP contribution >= 0.6 is 0 Å². The number of hydrogen-bond donors (Lipinski definition) is 0. The van der Waals surface area contributed by atoms with Crippen LogP contribution in [0.5, 0.6) is 0 Å². The maximum atomic E-state index is 10.3. The van der Waals surface area contributed by atoms with Crippen molar-refractivity contribution in [3.63, 3.8) is 0 Å². The second-order valence-corrected chi connectivity index (χ2v) is 2.95. The highest BCUT2D eigenvalue weighted by Crippen LogP contribution is 1.88. The first-order chi connectivity index (χ1) is 5.72. The molecule has 0 fully saturated rings. The van der Waals surface area contributed by atoms with Gasteiger partial charge in [0.15, 0.2) is 0 Å². The Balaban J connectivity index is 0. The maximum Gasteiger partial charge on any atom is 0.330 e. The van der Waals surface area contributed by atoms with E-state index >= 15 is 0 Å². The molecule has 0 aromatic carbocycles. The number of ether oxygens (including phenoxy) is 1. The fraction of sp³-hybridized carbons (Fsp3) is 0.444. The summed E-state index contributed by atoms with van der Waals surface area (Å²) in [5.74, 6) is -0.330. The summed E-state index contributed by atoms with van der Waals surface area (Å²) in [4.78, 5) is 10.3. The molecule has 0 spiro atoms. The van der Waals surface area contributed by atoms with Gasteiger partial charge in [0.25, 0.3) is 0 Å². The predicted octanol–water partition coefficient (Wildman–Crippen LogP) is 1.01. The van der Waals surface area contributed by atoms with Crippen molar-refractivity contribution in [2.75, 3.05) is 6.61 Å². The van der Waals surface area contributed by atoms with Crippen molar-refractivity contribution < 1.29 is 9.53 Å².